The fraction of sp³-hybridized carbons (Fsp3) is 0.188. The molecule has 5 nitrogen and oxygen atoms in total. The largest absolute Gasteiger partial charge is 0.673 e. The number of carbonyl (C=O) groups excluding carboxylic acids is 1. The molecule has 0 bridgehead atoms. The van der Waals surface area contributed by atoms with Crippen LogP contribution in [-0.2, 0) is 6.54 Å². The number of primary amides is 1. The van der Waals surface area contributed by atoms with Gasteiger partial charge in [0.05, 0.1) is 11.0 Å². The number of hydrogen-bond acceptors (Lipinski definition) is 2. The molecule has 1 amide bonds. The highest BCUT2D eigenvalue weighted by Crippen LogP contribution is 2.17. The lowest BCUT2D eigenvalue weighted by Gasteiger charge is -1.97. The Bertz CT molecular complexity index is 895. The highest BCUT2D eigenvalue weighted by atomic mass is 19.5. The number of carbonyl (C=O) groups is 1. The van der Waals surface area contributed by atoms with Gasteiger partial charge in [0, 0.05) is 6.07 Å². The molecule has 26 heavy (non-hydrogen) atoms. The summed E-state index contributed by atoms with van der Waals surface area (Å²) >= 11 is 0. The summed E-state index contributed by atoms with van der Waals surface area (Å²) in [5.41, 5.74) is 10.2. The van der Waals surface area contributed by atoms with Gasteiger partial charge in [-0.3, -0.25) is 4.79 Å². The average Bonchev–Trinajstić information content (AvgIpc) is 2.87. The van der Waals surface area contributed by atoms with Crippen LogP contribution in [0.25, 0.3) is 11.0 Å². The first-order chi connectivity index (χ1) is 12.0. The third-order valence-corrected chi connectivity index (χ3v) is 3.62. The quantitative estimate of drug-likeness (QED) is 0.424. The van der Waals surface area contributed by atoms with Crippen LogP contribution in [0, 0.1) is 13.8 Å². The number of aryl methyl sites for hydroxylation is 2. The van der Waals surface area contributed by atoms with E-state index in [0.717, 1.165) is 16.9 Å². The van der Waals surface area contributed by atoms with E-state index in [1.165, 1.54) is 11.1 Å². The van der Waals surface area contributed by atoms with Crippen LogP contribution in [0.4, 0.5) is 17.3 Å². The molecule has 0 saturated carbocycles. The molecule has 2 aromatic heterocycles. The number of imidazole rings is 1. The molecule has 0 atom stereocenters. The van der Waals surface area contributed by atoms with Crippen molar-refractivity contribution >= 4 is 24.2 Å². The summed E-state index contributed by atoms with van der Waals surface area (Å²) in [4.78, 5) is 19.1. The zero-order valence-electron chi connectivity index (χ0n) is 14.1. The lowest BCUT2D eigenvalue weighted by atomic mass is 10.1. The molecule has 3 rings (SSSR count). The number of nitrogens with two attached hydrogens (primary N) is 1. The van der Waals surface area contributed by atoms with Gasteiger partial charge >= 0.3 is 7.25 Å². The van der Waals surface area contributed by atoms with Crippen LogP contribution in [-0.4, -0.2) is 23.1 Å². The Morgan fingerprint density at radius 3 is 2.46 bits per heavy atom. The minimum atomic E-state index is -6.00. The van der Waals surface area contributed by atoms with E-state index < -0.39 is 13.2 Å². The van der Waals surface area contributed by atoms with Gasteiger partial charge in [0.2, 0.25) is 6.54 Å². The molecule has 10 heteroatoms. The second-order valence-electron chi connectivity index (χ2n) is 5.76. The molecule has 2 heterocycles. The van der Waals surface area contributed by atoms with Crippen LogP contribution < -0.4 is 10.3 Å². The van der Waals surface area contributed by atoms with Crippen molar-refractivity contribution in [3.05, 3.63) is 59.2 Å². The van der Waals surface area contributed by atoms with Gasteiger partial charge in [-0.2, -0.15) is 4.57 Å². The minimum Gasteiger partial charge on any atom is -0.418 e. The highest BCUT2D eigenvalue weighted by Gasteiger charge is 2.20. The number of hydrogen-bond donors (Lipinski definition) is 2. The summed E-state index contributed by atoms with van der Waals surface area (Å²) in [5, 5.41) is 0. The van der Waals surface area contributed by atoms with Crippen molar-refractivity contribution in [2.24, 2.45) is 5.73 Å². The van der Waals surface area contributed by atoms with Crippen molar-refractivity contribution in [3.8, 4) is 0 Å². The SMILES string of the molecule is Cc1cc2nc(C[n+]3cccc(C(N)=O)c3)[nH]c2cc1C.F[B-](F)(F)F. The molecule has 0 fully saturated rings. The summed E-state index contributed by atoms with van der Waals surface area (Å²) in [7, 11) is -6.00. The van der Waals surface area contributed by atoms with E-state index in [0.29, 0.717) is 12.1 Å². The van der Waals surface area contributed by atoms with E-state index in [2.05, 4.69) is 35.9 Å². The maximum absolute atomic E-state index is 11.2. The number of nitrogens with one attached hydrogen (secondary N) is 1. The molecule has 0 unspecified atom stereocenters. The number of rotatable bonds is 3. The molecule has 3 N–H and O–H groups in total. The number of halogens is 4. The van der Waals surface area contributed by atoms with Gasteiger partial charge < -0.3 is 28.0 Å². The van der Waals surface area contributed by atoms with E-state index in [1.54, 1.807) is 18.3 Å². The van der Waals surface area contributed by atoms with Crippen LogP contribution in [0.15, 0.2) is 36.7 Å². The standard InChI is InChI=1S/C16H16N4O.BF4/c1-10-6-13-14(7-11(10)2)19-15(18-13)9-20-5-3-4-12(8-20)16(17)21;2-1(3,4)5/h3-8H,9H2,1-2H3,(H2-,17,18,19,21);/q;-1/p+1. The van der Waals surface area contributed by atoms with E-state index in [9.17, 15) is 22.1 Å². The number of benzene rings is 1. The third kappa shape index (κ3) is 5.57. The maximum Gasteiger partial charge on any atom is 0.673 e. The summed E-state index contributed by atoms with van der Waals surface area (Å²) in [6.45, 7) is 4.72. The average molecular weight is 368 g/mol. The van der Waals surface area contributed by atoms with Crippen LogP contribution in [0.1, 0.15) is 27.3 Å². The fourth-order valence-corrected chi connectivity index (χ4v) is 2.34. The Hall–Kier alpha value is -2.91. The zero-order chi connectivity index (χ0) is 19.5. The molecular weight excluding hydrogens is 351 g/mol. The molecule has 0 aliphatic heterocycles. The predicted octanol–water partition coefficient (Wildman–Crippen LogP) is 2.91. The van der Waals surface area contributed by atoms with Gasteiger partial charge in [-0.05, 0) is 43.2 Å². The van der Waals surface area contributed by atoms with Crippen LogP contribution in [0.2, 0.25) is 0 Å². The summed E-state index contributed by atoms with van der Waals surface area (Å²) in [5.74, 6) is 0.418. The molecule has 138 valence electrons. The van der Waals surface area contributed by atoms with Gasteiger partial charge in [0.15, 0.2) is 18.2 Å². The van der Waals surface area contributed by atoms with Crippen molar-refractivity contribution in [1.82, 2.24) is 9.97 Å². The topological polar surface area (TPSA) is 75.7 Å². The normalized spacial score (nSPS) is 11.2. The van der Waals surface area contributed by atoms with Crippen LogP contribution in [0.3, 0.4) is 0 Å². The van der Waals surface area contributed by atoms with Crippen molar-refractivity contribution in [2.75, 3.05) is 0 Å². The lowest BCUT2D eigenvalue weighted by Crippen LogP contribution is -2.35. The summed E-state index contributed by atoms with van der Waals surface area (Å²) in [6, 6.07) is 7.68. The minimum absolute atomic E-state index is 0.430. The Morgan fingerprint density at radius 1 is 1.23 bits per heavy atom. The molecule has 0 aliphatic rings. The molecule has 0 saturated heterocycles. The van der Waals surface area contributed by atoms with Gasteiger partial charge in [0.25, 0.3) is 5.91 Å². The fourth-order valence-electron chi connectivity index (χ4n) is 2.34. The number of amides is 1. The Morgan fingerprint density at radius 2 is 1.85 bits per heavy atom. The summed E-state index contributed by atoms with van der Waals surface area (Å²) in [6.07, 6.45) is 3.61. The van der Waals surface area contributed by atoms with Gasteiger partial charge in [-0.15, -0.1) is 0 Å². The van der Waals surface area contributed by atoms with Crippen molar-refractivity contribution in [2.45, 2.75) is 20.4 Å². The maximum atomic E-state index is 11.2. The number of pyridine rings is 1. The smallest absolute Gasteiger partial charge is 0.418 e. The van der Waals surface area contributed by atoms with Gasteiger partial charge in [-0.1, -0.05) is 0 Å². The number of fused-ring (bicyclic) bond motifs is 1. The van der Waals surface area contributed by atoms with Crippen LogP contribution >= 0.6 is 0 Å². The molecule has 1 aromatic carbocycles. The zero-order valence-corrected chi connectivity index (χ0v) is 14.1. The lowest BCUT2D eigenvalue weighted by molar-refractivity contribution is -0.689. The second-order valence-corrected chi connectivity index (χ2v) is 5.76. The first kappa shape index (κ1) is 19.4. The Kier molecular flexibility index (Phi) is 5.64. The van der Waals surface area contributed by atoms with E-state index in [1.807, 2.05) is 10.8 Å². The number of H-pyrrole nitrogens is 1. The molecule has 3 aromatic rings. The third-order valence-electron chi connectivity index (χ3n) is 3.62. The van der Waals surface area contributed by atoms with Gasteiger partial charge in [-0.25, -0.2) is 4.98 Å². The number of aromatic amines is 1. The van der Waals surface area contributed by atoms with Crippen molar-refractivity contribution in [1.29, 1.82) is 0 Å². The number of nitrogens with zero attached hydrogens (tertiary/aromatic N) is 2. The Labute approximate surface area is 147 Å². The summed E-state index contributed by atoms with van der Waals surface area (Å²) < 4.78 is 40.9. The predicted molar refractivity (Wildman–Crippen MR) is 90.0 cm³/mol. The van der Waals surface area contributed by atoms with Crippen molar-refractivity contribution < 1.29 is 26.6 Å². The van der Waals surface area contributed by atoms with E-state index in [-0.39, 0.29) is 0 Å². The van der Waals surface area contributed by atoms with E-state index in [4.69, 9.17) is 5.73 Å². The Balaban J connectivity index is 0.000000431. The van der Waals surface area contributed by atoms with E-state index >= 15 is 0 Å². The second kappa shape index (κ2) is 7.55. The number of aromatic nitrogens is 3. The van der Waals surface area contributed by atoms with Gasteiger partial charge in [0.1, 0.15) is 5.56 Å². The van der Waals surface area contributed by atoms with Crippen molar-refractivity contribution in [3.63, 3.8) is 0 Å². The molecule has 0 aliphatic carbocycles. The molecular formula is C16H17BF4N4O. The van der Waals surface area contributed by atoms with Crippen LogP contribution in [0.5, 0.6) is 0 Å². The highest BCUT2D eigenvalue weighted by molar-refractivity contribution is 6.50. The molecule has 0 spiro atoms. The monoisotopic (exact) mass is 368 g/mol. The first-order valence-corrected chi connectivity index (χ1v) is 7.65. The molecule has 0 radical (unpaired) electrons. The first-order valence-electron chi connectivity index (χ1n) is 7.65.